The smallest absolute Gasteiger partial charge is 0.269 e. The maximum Gasteiger partial charge on any atom is 0.269 e. The number of benzene rings is 2. The zero-order valence-electron chi connectivity index (χ0n) is 12.3. The van der Waals surface area contributed by atoms with Crippen LogP contribution in [0, 0.1) is 5.82 Å². The third-order valence-corrected chi connectivity index (χ3v) is 3.99. The van der Waals surface area contributed by atoms with Crippen molar-refractivity contribution in [1.29, 1.82) is 0 Å². The minimum Gasteiger partial charge on any atom is -0.494 e. The van der Waals surface area contributed by atoms with Crippen molar-refractivity contribution in [3.63, 3.8) is 0 Å². The van der Waals surface area contributed by atoms with Crippen molar-refractivity contribution in [3.8, 4) is 5.75 Å². The van der Waals surface area contributed by atoms with Gasteiger partial charge < -0.3 is 4.74 Å². The number of ether oxygens (including phenoxy) is 1. The molecule has 1 aromatic heterocycles. The highest BCUT2D eigenvalue weighted by Gasteiger charge is 2.08. The number of rotatable bonds is 5. The van der Waals surface area contributed by atoms with Gasteiger partial charge in [-0.25, -0.2) is 9.37 Å². The van der Waals surface area contributed by atoms with Crippen LogP contribution in [0.15, 0.2) is 42.5 Å². The van der Waals surface area contributed by atoms with Crippen LogP contribution < -0.4 is 15.6 Å². The first-order valence-electron chi connectivity index (χ1n) is 7.01. The van der Waals surface area contributed by atoms with Gasteiger partial charge in [0.05, 0.1) is 16.8 Å². The Labute approximate surface area is 136 Å². The van der Waals surface area contributed by atoms with Crippen molar-refractivity contribution in [2.24, 2.45) is 0 Å². The Kier molecular flexibility index (Phi) is 4.38. The molecule has 0 atom stereocenters. The molecule has 5 nitrogen and oxygen atoms in total. The molecule has 0 radical (unpaired) electrons. The van der Waals surface area contributed by atoms with Crippen molar-refractivity contribution >= 4 is 32.6 Å². The van der Waals surface area contributed by atoms with E-state index in [-0.39, 0.29) is 11.7 Å². The molecule has 0 fully saturated rings. The summed E-state index contributed by atoms with van der Waals surface area (Å²) in [6.07, 6.45) is 0. The minimum atomic E-state index is -0.384. The highest BCUT2D eigenvalue weighted by molar-refractivity contribution is 7.22. The van der Waals surface area contributed by atoms with Gasteiger partial charge in [-0.2, -0.15) is 0 Å². The zero-order chi connectivity index (χ0) is 16.2. The highest BCUT2D eigenvalue weighted by atomic mass is 32.1. The standard InChI is InChI=1S/C16H14FN3O2S/c1-2-22-12-7-8-13-14(9-12)23-16(18-13)20-19-15(21)10-3-5-11(17)6-4-10/h3-9H,2H2,1H3,(H,18,20)(H,19,21). The maximum atomic E-state index is 12.8. The number of hydrogen-bond donors (Lipinski definition) is 2. The lowest BCUT2D eigenvalue weighted by atomic mass is 10.2. The van der Waals surface area contributed by atoms with Crippen LogP contribution in [0.5, 0.6) is 5.75 Å². The first-order valence-corrected chi connectivity index (χ1v) is 7.82. The van der Waals surface area contributed by atoms with Crippen LogP contribution in [0.2, 0.25) is 0 Å². The normalized spacial score (nSPS) is 10.5. The van der Waals surface area contributed by atoms with Crippen LogP contribution in [-0.4, -0.2) is 17.5 Å². The van der Waals surface area contributed by atoms with Gasteiger partial charge >= 0.3 is 0 Å². The van der Waals surface area contributed by atoms with Crippen molar-refractivity contribution in [2.75, 3.05) is 12.0 Å². The highest BCUT2D eigenvalue weighted by Crippen LogP contribution is 2.28. The van der Waals surface area contributed by atoms with Gasteiger partial charge in [-0.3, -0.25) is 15.6 Å². The number of carbonyl (C=O) groups is 1. The number of amides is 1. The fourth-order valence-electron chi connectivity index (χ4n) is 2.00. The first kappa shape index (κ1) is 15.2. The summed E-state index contributed by atoms with van der Waals surface area (Å²) in [5.41, 5.74) is 6.49. The lowest BCUT2D eigenvalue weighted by Gasteiger charge is -2.05. The maximum absolute atomic E-state index is 12.8. The minimum absolute atomic E-state index is 0.360. The molecule has 0 bridgehead atoms. The molecule has 0 aliphatic rings. The fourth-order valence-corrected chi connectivity index (χ4v) is 2.85. The molecule has 0 saturated carbocycles. The van der Waals surface area contributed by atoms with Crippen LogP contribution in [0.4, 0.5) is 9.52 Å². The number of nitrogens with zero attached hydrogens (tertiary/aromatic N) is 1. The molecule has 3 rings (SSSR count). The summed E-state index contributed by atoms with van der Waals surface area (Å²) in [5, 5.41) is 0.559. The quantitative estimate of drug-likeness (QED) is 0.701. The van der Waals surface area contributed by atoms with Gasteiger partial charge in [-0.15, -0.1) is 0 Å². The number of anilines is 1. The Morgan fingerprint density at radius 1 is 1.26 bits per heavy atom. The number of carbonyl (C=O) groups excluding carboxylic acids is 1. The second-order valence-corrected chi connectivity index (χ2v) is 5.70. The molecule has 0 saturated heterocycles. The topological polar surface area (TPSA) is 63.2 Å². The fraction of sp³-hybridized carbons (Fsp3) is 0.125. The van der Waals surface area contributed by atoms with E-state index in [1.807, 2.05) is 25.1 Å². The van der Waals surface area contributed by atoms with E-state index in [1.165, 1.54) is 35.6 Å². The zero-order valence-corrected chi connectivity index (χ0v) is 13.1. The number of thiazole rings is 1. The van der Waals surface area contributed by atoms with Crippen LogP contribution >= 0.6 is 11.3 Å². The summed E-state index contributed by atoms with van der Waals surface area (Å²) in [5.74, 6) is 0.0376. The third-order valence-electron chi connectivity index (χ3n) is 3.06. The van der Waals surface area contributed by atoms with Gasteiger partial charge in [0.1, 0.15) is 11.6 Å². The van der Waals surface area contributed by atoms with Crippen molar-refractivity contribution in [3.05, 3.63) is 53.8 Å². The van der Waals surface area contributed by atoms with Crippen LogP contribution in [-0.2, 0) is 0 Å². The lowest BCUT2D eigenvalue weighted by Crippen LogP contribution is -2.29. The summed E-state index contributed by atoms with van der Waals surface area (Å²) in [6, 6.07) is 10.9. The molecule has 1 heterocycles. The van der Waals surface area contributed by atoms with E-state index in [4.69, 9.17) is 4.74 Å². The van der Waals surface area contributed by atoms with Crippen LogP contribution in [0.1, 0.15) is 17.3 Å². The molecule has 0 aliphatic heterocycles. The number of hydrazine groups is 1. The summed E-state index contributed by atoms with van der Waals surface area (Å²) >= 11 is 1.40. The molecular weight excluding hydrogens is 317 g/mol. The van der Waals surface area contributed by atoms with E-state index < -0.39 is 0 Å². The predicted octanol–water partition coefficient (Wildman–Crippen LogP) is 3.59. The van der Waals surface area contributed by atoms with Crippen molar-refractivity contribution in [2.45, 2.75) is 6.92 Å². The molecule has 2 N–H and O–H groups in total. The monoisotopic (exact) mass is 331 g/mol. The van der Waals surface area contributed by atoms with Crippen molar-refractivity contribution in [1.82, 2.24) is 10.4 Å². The Hall–Kier alpha value is -2.67. The first-order chi connectivity index (χ1) is 11.2. The third kappa shape index (κ3) is 3.57. The van der Waals surface area contributed by atoms with Crippen LogP contribution in [0.3, 0.4) is 0 Å². The molecular formula is C16H14FN3O2S. The summed E-state index contributed by atoms with van der Waals surface area (Å²) in [7, 11) is 0. The molecule has 23 heavy (non-hydrogen) atoms. The lowest BCUT2D eigenvalue weighted by molar-refractivity contribution is 0.0962. The van der Waals surface area contributed by atoms with Gasteiger partial charge in [-0.05, 0) is 49.4 Å². The van der Waals surface area contributed by atoms with E-state index in [1.54, 1.807) is 0 Å². The van der Waals surface area contributed by atoms with Gasteiger partial charge in [0.15, 0.2) is 0 Å². The van der Waals surface area contributed by atoms with E-state index in [2.05, 4.69) is 15.8 Å². The van der Waals surface area contributed by atoms with E-state index >= 15 is 0 Å². The average Bonchev–Trinajstić information content (AvgIpc) is 2.96. The number of fused-ring (bicyclic) bond motifs is 1. The van der Waals surface area contributed by atoms with Gasteiger partial charge in [-0.1, -0.05) is 11.3 Å². The van der Waals surface area contributed by atoms with Crippen LogP contribution in [0.25, 0.3) is 10.2 Å². The number of hydrogen-bond acceptors (Lipinski definition) is 5. The molecule has 7 heteroatoms. The van der Waals surface area contributed by atoms with E-state index in [9.17, 15) is 9.18 Å². The average molecular weight is 331 g/mol. The number of aromatic nitrogens is 1. The molecule has 0 aliphatic carbocycles. The Bertz CT molecular complexity index is 833. The van der Waals surface area contributed by atoms with Gasteiger partial charge in [0, 0.05) is 5.56 Å². The summed E-state index contributed by atoms with van der Waals surface area (Å²) in [6.45, 7) is 2.53. The van der Waals surface area contributed by atoms with E-state index in [0.29, 0.717) is 17.3 Å². The van der Waals surface area contributed by atoms with Crippen molar-refractivity contribution < 1.29 is 13.9 Å². The number of nitrogens with one attached hydrogen (secondary N) is 2. The summed E-state index contributed by atoms with van der Waals surface area (Å²) < 4.78 is 19.2. The molecule has 3 aromatic rings. The molecule has 118 valence electrons. The SMILES string of the molecule is CCOc1ccc2nc(NNC(=O)c3ccc(F)cc3)sc2c1. The van der Waals surface area contributed by atoms with Gasteiger partial charge in [0.2, 0.25) is 5.13 Å². The van der Waals surface area contributed by atoms with E-state index in [0.717, 1.165) is 16.0 Å². The van der Waals surface area contributed by atoms with Gasteiger partial charge in [0.25, 0.3) is 5.91 Å². The largest absolute Gasteiger partial charge is 0.494 e. The molecule has 2 aromatic carbocycles. The second-order valence-electron chi connectivity index (χ2n) is 4.67. The Morgan fingerprint density at radius 3 is 2.78 bits per heavy atom. The molecule has 0 spiro atoms. The predicted molar refractivity (Wildman–Crippen MR) is 88.3 cm³/mol. The molecule has 0 unspecified atom stereocenters. The number of halogens is 1. The second kappa shape index (κ2) is 6.62. The molecule has 1 amide bonds. The Morgan fingerprint density at radius 2 is 2.04 bits per heavy atom. The summed E-state index contributed by atoms with van der Waals surface area (Å²) in [4.78, 5) is 16.3. The Balaban J connectivity index is 1.69.